The second-order valence-corrected chi connectivity index (χ2v) is 8.88. The first-order valence-electron chi connectivity index (χ1n) is 9.58. The molecule has 2 aromatic carbocycles. The van der Waals surface area contributed by atoms with Gasteiger partial charge in [-0.25, -0.2) is 0 Å². The van der Waals surface area contributed by atoms with Gasteiger partial charge in [0.05, 0.1) is 5.75 Å². The van der Waals surface area contributed by atoms with Gasteiger partial charge in [-0.3, -0.25) is 9.78 Å². The lowest BCUT2D eigenvalue weighted by atomic mass is 10.2. The van der Waals surface area contributed by atoms with Crippen LogP contribution in [0.15, 0.2) is 86.4 Å². The van der Waals surface area contributed by atoms with E-state index in [1.165, 1.54) is 27.8 Å². The van der Waals surface area contributed by atoms with Crippen molar-refractivity contribution in [2.24, 2.45) is 0 Å². The molecule has 0 unspecified atom stereocenters. The summed E-state index contributed by atoms with van der Waals surface area (Å²) in [5.41, 5.74) is 4.03. The highest BCUT2D eigenvalue weighted by molar-refractivity contribution is 7.99. The van der Waals surface area contributed by atoms with Crippen molar-refractivity contribution in [2.45, 2.75) is 28.9 Å². The zero-order chi connectivity index (χ0) is 21.6. The molecule has 0 saturated heterocycles. The van der Waals surface area contributed by atoms with Crippen LogP contribution < -0.4 is 5.32 Å². The Bertz CT molecular complexity index is 1180. The maximum Gasteiger partial charge on any atom is 0.277 e. The summed E-state index contributed by atoms with van der Waals surface area (Å²) in [6, 6.07) is 17.8. The van der Waals surface area contributed by atoms with Crippen molar-refractivity contribution < 1.29 is 9.21 Å². The molecule has 0 aliphatic rings. The number of aryl methyl sites for hydroxylation is 2. The Morgan fingerprint density at radius 2 is 1.77 bits per heavy atom. The molecule has 0 bridgehead atoms. The average Bonchev–Trinajstić information content (AvgIpc) is 3.26. The molecule has 1 N–H and O–H groups in total. The van der Waals surface area contributed by atoms with Crippen LogP contribution in [0.2, 0.25) is 0 Å². The Hall–Kier alpha value is -3.10. The largest absolute Gasteiger partial charge is 0.411 e. The first-order valence-corrected chi connectivity index (χ1v) is 11.4. The fourth-order valence-corrected chi connectivity index (χ4v) is 4.32. The SMILES string of the molecule is Cc1ccc(C)c(Sc2ccc(NC(=O)CSc3nnc(-c4ccncc4)o3)cc2)c1. The van der Waals surface area contributed by atoms with E-state index < -0.39 is 0 Å². The molecule has 4 aromatic rings. The minimum absolute atomic E-state index is 0.136. The van der Waals surface area contributed by atoms with Gasteiger partial charge in [0, 0.05) is 33.4 Å². The lowest BCUT2D eigenvalue weighted by Crippen LogP contribution is -2.13. The number of benzene rings is 2. The molecule has 2 heterocycles. The lowest BCUT2D eigenvalue weighted by Gasteiger charge is -2.08. The van der Waals surface area contributed by atoms with E-state index in [0.717, 1.165) is 16.1 Å². The maximum absolute atomic E-state index is 12.3. The van der Waals surface area contributed by atoms with Gasteiger partial charge in [0.1, 0.15) is 0 Å². The number of amides is 1. The van der Waals surface area contributed by atoms with Gasteiger partial charge >= 0.3 is 0 Å². The summed E-state index contributed by atoms with van der Waals surface area (Å²) in [4.78, 5) is 18.6. The number of pyridine rings is 1. The maximum atomic E-state index is 12.3. The minimum Gasteiger partial charge on any atom is -0.411 e. The fourth-order valence-electron chi connectivity index (χ4n) is 2.75. The Morgan fingerprint density at radius 3 is 2.55 bits per heavy atom. The molecule has 0 atom stereocenters. The molecule has 0 saturated carbocycles. The summed E-state index contributed by atoms with van der Waals surface area (Å²) in [5, 5.41) is 11.2. The number of thioether (sulfide) groups is 1. The molecule has 156 valence electrons. The summed E-state index contributed by atoms with van der Waals surface area (Å²) >= 11 is 2.91. The van der Waals surface area contributed by atoms with Gasteiger partial charge in [-0.05, 0) is 67.4 Å². The predicted molar refractivity (Wildman–Crippen MR) is 123 cm³/mol. The van der Waals surface area contributed by atoms with Crippen molar-refractivity contribution >= 4 is 35.1 Å². The van der Waals surface area contributed by atoms with Crippen LogP contribution >= 0.6 is 23.5 Å². The summed E-state index contributed by atoms with van der Waals surface area (Å²) in [5.74, 6) is 0.447. The third-order valence-electron chi connectivity index (χ3n) is 4.37. The predicted octanol–water partition coefficient (Wildman–Crippen LogP) is 5.63. The molecule has 1 amide bonds. The van der Waals surface area contributed by atoms with Crippen molar-refractivity contribution in [3.05, 3.63) is 78.1 Å². The van der Waals surface area contributed by atoms with E-state index in [0.29, 0.717) is 11.1 Å². The normalized spacial score (nSPS) is 10.8. The monoisotopic (exact) mass is 448 g/mol. The van der Waals surface area contributed by atoms with E-state index in [4.69, 9.17) is 4.42 Å². The topological polar surface area (TPSA) is 80.9 Å². The van der Waals surface area contributed by atoms with Crippen LogP contribution in [0.1, 0.15) is 11.1 Å². The summed E-state index contributed by atoms with van der Waals surface area (Å²) < 4.78 is 5.59. The molecule has 0 spiro atoms. The number of hydrogen-bond acceptors (Lipinski definition) is 7. The van der Waals surface area contributed by atoms with Gasteiger partial charge < -0.3 is 9.73 Å². The first kappa shape index (κ1) is 21.1. The quantitative estimate of drug-likeness (QED) is 0.367. The lowest BCUT2D eigenvalue weighted by molar-refractivity contribution is -0.113. The molecule has 31 heavy (non-hydrogen) atoms. The Kier molecular flexibility index (Phi) is 6.69. The van der Waals surface area contributed by atoms with Crippen molar-refractivity contribution in [1.82, 2.24) is 15.2 Å². The summed E-state index contributed by atoms with van der Waals surface area (Å²) in [7, 11) is 0. The molecule has 0 aliphatic carbocycles. The van der Waals surface area contributed by atoms with Crippen molar-refractivity contribution in [3.8, 4) is 11.5 Å². The first-order chi connectivity index (χ1) is 15.1. The third-order valence-corrected chi connectivity index (χ3v) is 6.36. The van der Waals surface area contributed by atoms with Crippen LogP contribution in [-0.4, -0.2) is 26.8 Å². The second-order valence-electron chi connectivity index (χ2n) is 6.84. The van der Waals surface area contributed by atoms with E-state index >= 15 is 0 Å². The minimum atomic E-state index is -0.136. The van der Waals surface area contributed by atoms with Crippen molar-refractivity contribution in [3.63, 3.8) is 0 Å². The number of aromatic nitrogens is 3. The van der Waals surface area contributed by atoms with Gasteiger partial charge in [-0.2, -0.15) is 0 Å². The zero-order valence-corrected chi connectivity index (χ0v) is 18.7. The number of rotatable bonds is 7. The van der Waals surface area contributed by atoms with Gasteiger partial charge in [0.25, 0.3) is 5.22 Å². The molecule has 2 aromatic heterocycles. The van der Waals surface area contributed by atoms with Crippen LogP contribution in [0.5, 0.6) is 0 Å². The average molecular weight is 449 g/mol. The van der Waals surface area contributed by atoms with Crippen LogP contribution in [0.25, 0.3) is 11.5 Å². The molecule has 8 heteroatoms. The van der Waals surface area contributed by atoms with E-state index in [2.05, 4.69) is 52.5 Å². The van der Waals surface area contributed by atoms with E-state index in [-0.39, 0.29) is 11.7 Å². The number of nitrogens with zero attached hydrogens (tertiary/aromatic N) is 3. The highest BCUT2D eigenvalue weighted by atomic mass is 32.2. The van der Waals surface area contributed by atoms with Gasteiger partial charge in [-0.15, -0.1) is 10.2 Å². The number of nitrogens with one attached hydrogen (secondary N) is 1. The number of anilines is 1. The van der Waals surface area contributed by atoms with Gasteiger partial charge in [0.15, 0.2) is 0 Å². The number of carbonyl (C=O) groups excluding carboxylic acids is 1. The number of carbonyl (C=O) groups is 1. The summed E-state index contributed by atoms with van der Waals surface area (Å²) in [6.07, 6.45) is 3.32. The van der Waals surface area contributed by atoms with Gasteiger partial charge in [-0.1, -0.05) is 35.7 Å². The van der Waals surface area contributed by atoms with E-state index in [1.54, 1.807) is 36.3 Å². The Morgan fingerprint density at radius 1 is 1.00 bits per heavy atom. The van der Waals surface area contributed by atoms with E-state index in [1.807, 2.05) is 24.3 Å². The van der Waals surface area contributed by atoms with E-state index in [9.17, 15) is 4.79 Å². The second kappa shape index (κ2) is 9.80. The van der Waals surface area contributed by atoms with Crippen molar-refractivity contribution in [2.75, 3.05) is 11.1 Å². The fraction of sp³-hybridized carbons (Fsp3) is 0.130. The van der Waals surface area contributed by atoms with Crippen LogP contribution in [0.3, 0.4) is 0 Å². The molecule has 0 radical (unpaired) electrons. The Balaban J connectivity index is 1.30. The standard InChI is InChI=1S/C23H20N4O2S2/c1-15-3-4-16(2)20(13-15)31-19-7-5-18(6-8-19)25-21(28)14-30-23-27-26-22(29-23)17-9-11-24-12-10-17/h3-13H,14H2,1-2H3,(H,25,28). The van der Waals surface area contributed by atoms with Crippen LogP contribution in [0, 0.1) is 13.8 Å². The van der Waals surface area contributed by atoms with Gasteiger partial charge in [0.2, 0.25) is 11.8 Å². The highest BCUT2D eigenvalue weighted by Gasteiger charge is 2.11. The molecule has 0 fully saturated rings. The molecule has 6 nitrogen and oxygen atoms in total. The summed E-state index contributed by atoms with van der Waals surface area (Å²) in [6.45, 7) is 4.20. The molecular formula is C23H20N4O2S2. The third kappa shape index (κ3) is 5.74. The van der Waals surface area contributed by atoms with Crippen LogP contribution in [0.4, 0.5) is 5.69 Å². The molecule has 4 rings (SSSR count). The Labute approximate surface area is 188 Å². The van der Waals surface area contributed by atoms with Crippen LogP contribution in [-0.2, 0) is 4.79 Å². The molecule has 0 aliphatic heterocycles. The zero-order valence-electron chi connectivity index (χ0n) is 17.0. The molecular weight excluding hydrogens is 428 g/mol. The van der Waals surface area contributed by atoms with Crippen molar-refractivity contribution in [1.29, 1.82) is 0 Å². The smallest absolute Gasteiger partial charge is 0.277 e. The highest BCUT2D eigenvalue weighted by Crippen LogP contribution is 2.31. The number of hydrogen-bond donors (Lipinski definition) is 1.